The Labute approximate surface area is 192 Å². The van der Waals surface area contributed by atoms with Crippen molar-refractivity contribution in [2.45, 2.75) is 97.2 Å². The van der Waals surface area contributed by atoms with Crippen LogP contribution in [0.5, 0.6) is 5.75 Å². The molecular formula is C24H45O5PS. The summed E-state index contributed by atoms with van der Waals surface area (Å²) in [6.45, 7) is 10.8. The minimum Gasteiger partial charge on any atom is -0.744 e. The van der Waals surface area contributed by atoms with Gasteiger partial charge in [0, 0.05) is 7.26 Å². The van der Waals surface area contributed by atoms with Crippen molar-refractivity contribution in [1.29, 1.82) is 0 Å². The van der Waals surface area contributed by atoms with Crippen molar-refractivity contribution in [1.82, 2.24) is 0 Å². The number of ether oxygens (including phenoxy) is 1. The number of rotatable bonds is 15. The first-order valence-corrected chi connectivity index (χ1v) is 15.8. The molecule has 0 heterocycles. The number of benzene rings is 1. The van der Waals surface area contributed by atoms with Gasteiger partial charge in [-0.25, -0.2) is 8.42 Å². The maximum atomic E-state index is 10.5. The van der Waals surface area contributed by atoms with Gasteiger partial charge in [0.05, 0.1) is 29.5 Å². The highest BCUT2D eigenvalue weighted by Gasteiger charge is 2.34. The minimum absolute atomic E-state index is 0.299. The molecule has 0 aliphatic heterocycles. The lowest BCUT2D eigenvalue weighted by atomic mass is 10.3. The molecule has 0 amide bonds. The molecule has 0 saturated carbocycles. The Morgan fingerprint density at radius 3 is 1.45 bits per heavy atom. The van der Waals surface area contributed by atoms with Crippen LogP contribution in [0.15, 0.2) is 29.2 Å². The van der Waals surface area contributed by atoms with Gasteiger partial charge < -0.3 is 14.4 Å². The lowest BCUT2D eigenvalue weighted by molar-refractivity contribution is -0.000326. The van der Waals surface area contributed by atoms with Crippen LogP contribution in [0, 0.1) is 0 Å². The van der Waals surface area contributed by atoms with Gasteiger partial charge in [0.2, 0.25) is 0 Å². The lowest BCUT2D eigenvalue weighted by Crippen LogP contribution is -2.12. The van der Waals surface area contributed by atoms with Crippen LogP contribution in [0.1, 0.15) is 86.0 Å². The van der Waals surface area contributed by atoms with Crippen LogP contribution in [-0.4, -0.2) is 49.0 Å². The van der Waals surface area contributed by atoms with E-state index >= 15 is 0 Å². The highest BCUT2D eigenvalue weighted by molar-refractivity contribution is 7.85. The predicted molar refractivity (Wildman–Crippen MR) is 133 cm³/mol. The van der Waals surface area contributed by atoms with Crippen LogP contribution >= 0.6 is 7.26 Å². The number of unbranched alkanes of at least 4 members (excludes halogenated alkanes) is 4. The first-order valence-electron chi connectivity index (χ1n) is 11.9. The topological polar surface area (TPSA) is 86.7 Å². The summed E-state index contributed by atoms with van der Waals surface area (Å²) in [6.07, 6.45) is 17.0. The Balaban J connectivity index is 0.000000590. The van der Waals surface area contributed by atoms with Crippen molar-refractivity contribution in [2.24, 2.45) is 0 Å². The van der Waals surface area contributed by atoms with Crippen LogP contribution in [0.4, 0.5) is 0 Å². The normalized spacial score (nSPS) is 12.7. The average molecular weight is 477 g/mol. The lowest BCUT2D eigenvalue weighted by Gasteiger charge is -2.28. The van der Waals surface area contributed by atoms with Crippen molar-refractivity contribution in [3.05, 3.63) is 24.3 Å². The molecule has 0 fully saturated rings. The van der Waals surface area contributed by atoms with E-state index in [-0.39, 0.29) is 4.90 Å². The van der Waals surface area contributed by atoms with Gasteiger partial charge in [-0.05, 0) is 56.9 Å². The predicted octanol–water partition coefficient (Wildman–Crippen LogP) is 6.51. The van der Waals surface area contributed by atoms with E-state index in [0.29, 0.717) is 5.75 Å². The second-order valence-corrected chi connectivity index (χ2v) is 14.1. The smallest absolute Gasteiger partial charge is 0.194 e. The molecular weight excluding hydrogens is 431 g/mol. The van der Waals surface area contributed by atoms with Crippen molar-refractivity contribution in [3.63, 3.8) is 0 Å². The zero-order valence-electron chi connectivity index (χ0n) is 20.3. The van der Waals surface area contributed by atoms with E-state index in [4.69, 9.17) is 9.84 Å². The molecule has 1 N–H and O–H groups in total. The molecule has 0 radical (unpaired) electrons. The molecule has 31 heavy (non-hydrogen) atoms. The third-order valence-electron chi connectivity index (χ3n) is 5.36. The number of aliphatic hydroxyl groups is 1. The van der Waals surface area contributed by atoms with Gasteiger partial charge in [-0.2, -0.15) is 0 Å². The first-order chi connectivity index (χ1) is 14.6. The van der Waals surface area contributed by atoms with Crippen LogP contribution in [0.25, 0.3) is 0 Å². The summed E-state index contributed by atoms with van der Waals surface area (Å²) in [5.41, 5.74) is 0. The zero-order chi connectivity index (χ0) is 23.8. The van der Waals surface area contributed by atoms with Crippen LogP contribution in [0.2, 0.25) is 0 Å². The Morgan fingerprint density at radius 1 is 0.839 bits per heavy atom. The fourth-order valence-corrected chi connectivity index (χ4v) is 9.29. The SMILES string of the molecule is CC(O)Oc1ccc(S(=O)(=O)[O-])cc1.CCCC[P+](CCCC)(CCCC)CCCC. The highest BCUT2D eigenvalue weighted by Crippen LogP contribution is 2.61. The third-order valence-corrected chi connectivity index (χ3v) is 11.3. The van der Waals surface area contributed by atoms with Crippen LogP contribution in [-0.2, 0) is 10.1 Å². The van der Waals surface area contributed by atoms with E-state index in [9.17, 15) is 13.0 Å². The summed E-state index contributed by atoms with van der Waals surface area (Å²) in [5.74, 6) is 0.299. The number of hydrogen-bond donors (Lipinski definition) is 1. The molecule has 0 aromatic heterocycles. The average Bonchev–Trinajstić information content (AvgIpc) is 2.72. The second-order valence-electron chi connectivity index (χ2n) is 8.29. The maximum absolute atomic E-state index is 10.5. The van der Waals surface area contributed by atoms with Crippen molar-refractivity contribution in [2.75, 3.05) is 24.6 Å². The molecule has 7 heteroatoms. The summed E-state index contributed by atoms with van der Waals surface area (Å²) in [6, 6.07) is 4.86. The van der Waals surface area contributed by atoms with E-state index in [0.717, 1.165) is 12.1 Å². The van der Waals surface area contributed by atoms with E-state index in [1.165, 1.54) is 70.4 Å². The summed E-state index contributed by atoms with van der Waals surface area (Å²) in [4.78, 5) is -0.324. The molecule has 0 aliphatic rings. The first kappa shape index (κ1) is 30.3. The molecule has 5 nitrogen and oxygen atoms in total. The monoisotopic (exact) mass is 476 g/mol. The largest absolute Gasteiger partial charge is 0.744 e. The number of hydrogen-bond acceptors (Lipinski definition) is 5. The molecule has 1 atom stereocenters. The van der Waals surface area contributed by atoms with Gasteiger partial charge in [-0.1, -0.05) is 53.4 Å². The van der Waals surface area contributed by atoms with Crippen LogP contribution in [0.3, 0.4) is 0 Å². The summed E-state index contributed by atoms with van der Waals surface area (Å²) in [7, 11) is -4.98. The Hall–Kier alpha value is -0.680. The Kier molecular flexibility index (Phi) is 16.5. The fourth-order valence-electron chi connectivity index (χ4n) is 3.53. The summed E-state index contributed by atoms with van der Waals surface area (Å²) < 4.78 is 36.4. The molecule has 1 unspecified atom stereocenters. The molecule has 0 bridgehead atoms. The van der Waals surface area contributed by atoms with E-state index in [1.807, 2.05) is 0 Å². The summed E-state index contributed by atoms with van der Waals surface area (Å²) >= 11 is 0. The van der Waals surface area contributed by atoms with Gasteiger partial charge in [0.1, 0.15) is 15.9 Å². The minimum atomic E-state index is -4.42. The van der Waals surface area contributed by atoms with Gasteiger partial charge >= 0.3 is 0 Å². The van der Waals surface area contributed by atoms with Gasteiger partial charge in [0.25, 0.3) is 0 Å². The van der Waals surface area contributed by atoms with E-state index < -0.39 is 23.7 Å². The van der Waals surface area contributed by atoms with Crippen LogP contribution < -0.4 is 4.74 Å². The molecule has 1 rings (SSSR count). The van der Waals surface area contributed by atoms with Gasteiger partial charge in [0.15, 0.2) is 6.29 Å². The van der Waals surface area contributed by atoms with Crippen molar-refractivity contribution < 1.29 is 22.8 Å². The Morgan fingerprint density at radius 2 is 1.19 bits per heavy atom. The fraction of sp³-hybridized carbons (Fsp3) is 0.750. The molecule has 1 aromatic rings. The molecule has 0 aliphatic carbocycles. The van der Waals surface area contributed by atoms with Gasteiger partial charge in [-0.3, -0.25) is 0 Å². The second kappa shape index (κ2) is 16.9. The van der Waals surface area contributed by atoms with E-state index in [2.05, 4.69) is 27.7 Å². The number of aliphatic hydroxyl groups excluding tert-OH is 1. The summed E-state index contributed by atoms with van der Waals surface area (Å²) in [5, 5.41) is 8.83. The quantitative estimate of drug-likeness (QED) is 0.177. The van der Waals surface area contributed by atoms with Crippen molar-refractivity contribution >= 4 is 17.4 Å². The Bertz CT molecular complexity index is 622. The third kappa shape index (κ3) is 14.2. The maximum Gasteiger partial charge on any atom is 0.194 e. The van der Waals surface area contributed by atoms with Gasteiger partial charge in [-0.15, -0.1) is 0 Å². The zero-order valence-corrected chi connectivity index (χ0v) is 22.0. The highest BCUT2D eigenvalue weighted by atomic mass is 32.2. The standard InChI is InChI=1S/C16H36P.C8H10O5S/c1-5-9-13-17(14-10-6-2,15-11-7-3)16-12-8-4;1-6(9)13-7-2-4-8(5-3-7)14(10,11)12/h5-16H2,1-4H3;2-6,9H,1H3,(H,10,11,12)/q+1;/p-1. The van der Waals surface area contributed by atoms with Crippen molar-refractivity contribution in [3.8, 4) is 5.75 Å². The molecule has 0 spiro atoms. The van der Waals surface area contributed by atoms with E-state index in [1.54, 1.807) is 24.6 Å². The molecule has 182 valence electrons. The molecule has 0 saturated heterocycles. The molecule has 1 aromatic carbocycles.